The molecule has 2 atom stereocenters. The minimum Gasteiger partial charge on any atom is -0.444 e. The highest BCUT2D eigenvalue weighted by Gasteiger charge is 2.36. The maximum atomic E-state index is 13.6. The van der Waals surface area contributed by atoms with E-state index >= 15 is 0 Å². The third kappa shape index (κ3) is 8.72. The molecule has 2 rings (SSSR count). The Labute approximate surface area is 214 Å². The molecule has 1 saturated carbocycles. The van der Waals surface area contributed by atoms with Gasteiger partial charge in [-0.2, -0.15) is 12.6 Å². The van der Waals surface area contributed by atoms with Crippen LogP contribution in [0.4, 0.5) is 4.79 Å². The molecule has 0 aliphatic heterocycles. The lowest BCUT2D eigenvalue weighted by molar-refractivity contribution is -0.143. The Balaban J connectivity index is 2.38. The molecule has 9 heteroatoms. The van der Waals surface area contributed by atoms with Crippen LogP contribution in [0.1, 0.15) is 75.6 Å². The summed E-state index contributed by atoms with van der Waals surface area (Å²) in [5.41, 5.74) is 1.98. The molecule has 0 heterocycles. The highest BCUT2D eigenvalue weighted by Crippen LogP contribution is 2.26. The van der Waals surface area contributed by atoms with E-state index in [0.717, 1.165) is 43.2 Å². The largest absolute Gasteiger partial charge is 0.444 e. The number of aliphatic hydroxyl groups is 1. The number of rotatable bonds is 9. The van der Waals surface area contributed by atoms with Gasteiger partial charge in [-0.05, 0) is 64.2 Å². The zero-order chi connectivity index (χ0) is 26.2. The molecule has 1 aliphatic rings. The second-order valence-electron chi connectivity index (χ2n) is 10.2. The van der Waals surface area contributed by atoms with Gasteiger partial charge in [-0.3, -0.25) is 9.59 Å². The van der Waals surface area contributed by atoms with E-state index in [1.54, 1.807) is 20.8 Å². The molecule has 0 spiro atoms. The predicted octanol–water partition coefficient (Wildman–Crippen LogP) is 3.44. The molecular formula is C26H41N3O5S. The highest BCUT2D eigenvalue weighted by molar-refractivity contribution is 7.80. The van der Waals surface area contributed by atoms with Gasteiger partial charge in [0.2, 0.25) is 11.8 Å². The van der Waals surface area contributed by atoms with Crippen LogP contribution in [-0.2, 0) is 14.3 Å². The minimum atomic E-state index is -1.03. The molecule has 0 aromatic heterocycles. The van der Waals surface area contributed by atoms with E-state index in [0.29, 0.717) is 5.56 Å². The quantitative estimate of drug-likeness (QED) is 0.383. The highest BCUT2D eigenvalue weighted by atomic mass is 32.1. The Morgan fingerprint density at radius 1 is 1.14 bits per heavy atom. The van der Waals surface area contributed by atoms with Gasteiger partial charge >= 0.3 is 6.09 Å². The smallest absolute Gasteiger partial charge is 0.408 e. The van der Waals surface area contributed by atoms with E-state index in [4.69, 9.17) is 4.74 Å². The predicted molar refractivity (Wildman–Crippen MR) is 139 cm³/mol. The summed E-state index contributed by atoms with van der Waals surface area (Å²) in [6.45, 7) is 8.71. The molecule has 2 unspecified atom stereocenters. The average molecular weight is 508 g/mol. The van der Waals surface area contributed by atoms with Gasteiger partial charge < -0.3 is 25.4 Å². The Bertz CT molecular complexity index is 880. The van der Waals surface area contributed by atoms with Crippen molar-refractivity contribution in [3.63, 3.8) is 0 Å². The summed E-state index contributed by atoms with van der Waals surface area (Å²) in [7, 11) is 0. The van der Waals surface area contributed by atoms with Crippen LogP contribution in [0.25, 0.3) is 0 Å². The Morgan fingerprint density at radius 2 is 1.80 bits per heavy atom. The van der Waals surface area contributed by atoms with Crippen LogP contribution in [0.2, 0.25) is 0 Å². The topological polar surface area (TPSA) is 108 Å². The first-order valence-corrected chi connectivity index (χ1v) is 13.0. The summed E-state index contributed by atoms with van der Waals surface area (Å²) in [5, 5.41) is 15.5. The summed E-state index contributed by atoms with van der Waals surface area (Å²) >= 11 is 4.27. The van der Waals surface area contributed by atoms with Crippen molar-refractivity contribution in [2.24, 2.45) is 0 Å². The number of carbonyl (C=O) groups excluding carboxylic acids is 3. The van der Waals surface area contributed by atoms with E-state index < -0.39 is 29.7 Å². The number of benzene rings is 1. The molecule has 1 aromatic rings. The number of carbonyl (C=O) groups is 3. The fourth-order valence-corrected chi connectivity index (χ4v) is 4.49. The molecule has 8 nitrogen and oxygen atoms in total. The number of alkyl carbamates (subject to hydrolysis) is 1. The number of hydrogen-bond acceptors (Lipinski definition) is 6. The summed E-state index contributed by atoms with van der Waals surface area (Å²) in [5.74, 6) is -0.803. The zero-order valence-corrected chi connectivity index (χ0v) is 22.5. The molecule has 35 heavy (non-hydrogen) atoms. The van der Waals surface area contributed by atoms with E-state index in [1.807, 2.05) is 32.0 Å². The average Bonchev–Trinajstić information content (AvgIpc) is 2.78. The van der Waals surface area contributed by atoms with Crippen molar-refractivity contribution in [1.82, 2.24) is 15.5 Å². The minimum absolute atomic E-state index is 0.00386. The van der Waals surface area contributed by atoms with Crippen molar-refractivity contribution in [3.8, 4) is 0 Å². The second kappa shape index (κ2) is 13.2. The summed E-state index contributed by atoms with van der Waals surface area (Å²) in [6.07, 6.45) is 4.32. The summed E-state index contributed by atoms with van der Waals surface area (Å²) in [6, 6.07) is 3.71. The number of nitrogens with zero attached hydrogens (tertiary/aromatic N) is 1. The van der Waals surface area contributed by atoms with Gasteiger partial charge in [0.15, 0.2) is 0 Å². The maximum Gasteiger partial charge on any atom is 0.408 e. The van der Waals surface area contributed by atoms with Crippen LogP contribution in [0.3, 0.4) is 0 Å². The van der Waals surface area contributed by atoms with Crippen molar-refractivity contribution in [3.05, 3.63) is 34.9 Å². The summed E-state index contributed by atoms with van der Waals surface area (Å²) < 4.78 is 5.30. The Morgan fingerprint density at radius 3 is 2.34 bits per heavy atom. The molecule has 0 bridgehead atoms. The summed E-state index contributed by atoms with van der Waals surface area (Å²) in [4.78, 5) is 41.0. The number of aryl methyl sites for hydroxylation is 2. The SMILES string of the molecule is Cc1ccc(C(C(=O)NC2CCCCC2)N(CCO)C(=O)C(CS)NC(=O)OC(C)(C)C)cc1C. The molecule has 1 aliphatic carbocycles. The number of aliphatic hydroxyl groups excluding tert-OH is 1. The molecular weight excluding hydrogens is 466 g/mol. The van der Waals surface area contributed by atoms with Crippen molar-refractivity contribution < 1.29 is 24.2 Å². The Kier molecular flexibility index (Phi) is 10.9. The number of ether oxygens (including phenoxy) is 1. The van der Waals surface area contributed by atoms with Gasteiger partial charge in [0, 0.05) is 18.3 Å². The lowest BCUT2D eigenvalue weighted by Gasteiger charge is -2.35. The third-order valence-corrected chi connectivity index (χ3v) is 6.52. The Hall–Kier alpha value is -2.26. The molecule has 3 N–H and O–H groups in total. The molecule has 0 saturated heterocycles. The first kappa shape index (κ1) is 29.0. The molecule has 1 fully saturated rings. The van der Waals surface area contributed by atoms with Crippen molar-refractivity contribution in [2.75, 3.05) is 18.9 Å². The standard InChI is InChI=1S/C26H41N3O5S/c1-17-11-12-19(15-18(17)2)22(23(31)27-20-9-7-6-8-10-20)29(13-14-30)24(32)21(16-35)28-25(33)34-26(3,4)5/h11-12,15,20-22,30,35H,6-10,13-14,16H2,1-5H3,(H,27,31)(H,28,33). The number of thiol groups is 1. The third-order valence-electron chi connectivity index (χ3n) is 6.15. The van der Waals surface area contributed by atoms with Gasteiger partial charge in [-0.25, -0.2) is 4.79 Å². The number of nitrogens with one attached hydrogen (secondary N) is 2. The van der Waals surface area contributed by atoms with Crippen LogP contribution < -0.4 is 10.6 Å². The van der Waals surface area contributed by atoms with Gasteiger partial charge in [-0.15, -0.1) is 0 Å². The second-order valence-corrected chi connectivity index (χ2v) is 10.6. The van der Waals surface area contributed by atoms with E-state index in [1.165, 1.54) is 4.90 Å². The maximum absolute atomic E-state index is 13.6. The zero-order valence-electron chi connectivity index (χ0n) is 21.6. The number of hydrogen-bond donors (Lipinski definition) is 4. The first-order chi connectivity index (χ1) is 16.5. The first-order valence-electron chi connectivity index (χ1n) is 12.4. The van der Waals surface area contributed by atoms with Gasteiger partial charge in [-0.1, -0.05) is 37.5 Å². The number of amides is 3. The molecule has 0 radical (unpaired) electrons. The normalized spacial score (nSPS) is 16.2. The van der Waals surface area contributed by atoms with Crippen LogP contribution in [0.15, 0.2) is 18.2 Å². The fourth-order valence-electron chi connectivity index (χ4n) is 4.24. The monoisotopic (exact) mass is 507 g/mol. The van der Waals surface area contributed by atoms with E-state index in [2.05, 4.69) is 23.3 Å². The lowest BCUT2D eigenvalue weighted by Crippen LogP contribution is -2.55. The lowest BCUT2D eigenvalue weighted by atomic mass is 9.94. The van der Waals surface area contributed by atoms with Gasteiger partial charge in [0.25, 0.3) is 0 Å². The van der Waals surface area contributed by atoms with Crippen LogP contribution >= 0.6 is 12.6 Å². The van der Waals surface area contributed by atoms with E-state index in [-0.39, 0.29) is 30.9 Å². The van der Waals surface area contributed by atoms with Gasteiger partial charge in [0.1, 0.15) is 17.7 Å². The fraction of sp³-hybridized carbons (Fsp3) is 0.654. The molecule has 1 aromatic carbocycles. The van der Waals surface area contributed by atoms with Crippen molar-refractivity contribution in [1.29, 1.82) is 0 Å². The van der Waals surface area contributed by atoms with Crippen LogP contribution in [0, 0.1) is 13.8 Å². The molecule has 196 valence electrons. The van der Waals surface area contributed by atoms with E-state index in [9.17, 15) is 19.5 Å². The van der Waals surface area contributed by atoms with Crippen LogP contribution in [-0.4, -0.2) is 64.5 Å². The molecule has 3 amide bonds. The van der Waals surface area contributed by atoms with Crippen molar-refractivity contribution >= 4 is 30.5 Å². The van der Waals surface area contributed by atoms with Crippen LogP contribution in [0.5, 0.6) is 0 Å². The van der Waals surface area contributed by atoms with Crippen molar-refractivity contribution in [2.45, 2.75) is 90.4 Å². The van der Waals surface area contributed by atoms with Gasteiger partial charge in [0.05, 0.1) is 6.61 Å².